The van der Waals surface area contributed by atoms with Gasteiger partial charge in [-0.15, -0.1) is 11.3 Å². The summed E-state index contributed by atoms with van der Waals surface area (Å²) in [5.41, 5.74) is 0.930. The van der Waals surface area contributed by atoms with E-state index in [1.165, 1.54) is 11.3 Å². The highest BCUT2D eigenvalue weighted by molar-refractivity contribution is 7.12. The van der Waals surface area contributed by atoms with Crippen LogP contribution in [0.25, 0.3) is 11.4 Å². The van der Waals surface area contributed by atoms with E-state index in [0.717, 1.165) is 42.9 Å². The molecule has 3 aromatic rings. The number of benzene rings is 1. The summed E-state index contributed by atoms with van der Waals surface area (Å²) in [4.78, 5) is 37.4. The molecule has 8 nitrogen and oxygen atoms in total. The summed E-state index contributed by atoms with van der Waals surface area (Å²) in [6.45, 7) is 6.13. The Balaban J connectivity index is 1.15. The van der Waals surface area contributed by atoms with Gasteiger partial charge in [0.25, 0.3) is 5.91 Å². The van der Waals surface area contributed by atoms with Crippen LogP contribution in [0.2, 0.25) is 0 Å². The van der Waals surface area contributed by atoms with Gasteiger partial charge >= 0.3 is 0 Å². The number of hydrogen-bond donors (Lipinski definition) is 0. The van der Waals surface area contributed by atoms with Crippen molar-refractivity contribution in [3.8, 4) is 11.4 Å². The second-order valence-electron chi connectivity index (χ2n) is 8.93. The Hall–Kier alpha value is -3.04. The first kappa shape index (κ1) is 22.7. The average molecular weight is 480 g/mol. The highest BCUT2D eigenvalue weighted by Crippen LogP contribution is 2.26. The van der Waals surface area contributed by atoms with E-state index in [0.29, 0.717) is 31.3 Å². The third kappa shape index (κ3) is 4.76. The van der Waals surface area contributed by atoms with Gasteiger partial charge in [0.2, 0.25) is 17.6 Å². The maximum atomic E-state index is 13.2. The SMILES string of the molecule is CC(c1nc(-c2ccccc2)no1)N1CCN(C(=O)C2CCCN(C(=O)c3cccs3)C2)CC1. The van der Waals surface area contributed by atoms with Gasteiger partial charge in [-0.3, -0.25) is 14.5 Å². The number of piperazine rings is 1. The molecule has 2 fully saturated rings. The minimum Gasteiger partial charge on any atom is -0.340 e. The van der Waals surface area contributed by atoms with E-state index < -0.39 is 0 Å². The lowest BCUT2D eigenvalue weighted by atomic mass is 9.96. The van der Waals surface area contributed by atoms with Gasteiger partial charge in [0.1, 0.15) is 0 Å². The van der Waals surface area contributed by atoms with Crippen molar-refractivity contribution in [2.75, 3.05) is 39.3 Å². The Kier molecular flexibility index (Phi) is 6.73. The smallest absolute Gasteiger partial charge is 0.263 e. The van der Waals surface area contributed by atoms with Crippen LogP contribution >= 0.6 is 11.3 Å². The number of aromatic nitrogens is 2. The zero-order valence-electron chi connectivity index (χ0n) is 19.3. The lowest BCUT2D eigenvalue weighted by molar-refractivity contribution is -0.139. The molecule has 178 valence electrons. The fourth-order valence-corrected chi connectivity index (χ4v) is 5.46. The number of nitrogens with zero attached hydrogens (tertiary/aromatic N) is 5. The van der Waals surface area contributed by atoms with Crippen molar-refractivity contribution in [1.82, 2.24) is 24.8 Å². The van der Waals surface area contributed by atoms with Crippen LogP contribution in [0, 0.1) is 5.92 Å². The van der Waals surface area contributed by atoms with E-state index in [2.05, 4.69) is 22.0 Å². The first-order chi connectivity index (χ1) is 16.6. The van der Waals surface area contributed by atoms with Crippen molar-refractivity contribution < 1.29 is 14.1 Å². The van der Waals surface area contributed by atoms with E-state index >= 15 is 0 Å². The summed E-state index contributed by atoms with van der Waals surface area (Å²) < 4.78 is 5.55. The van der Waals surface area contributed by atoms with Crippen LogP contribution in [-0.2, 0) is 4.79 Å². The highest BCUT2D eigenvalue weighted by Gasteiger charge is 2.34. The third-order valence-electron chi connectivity index (χ3n) is 6.79. The number of likely N-dealkylation sites (tertiary alicyclic amines) is 1. The summed E-state index contributed by atoms with van der Waals surface area (Å²) in [7, 11) is 0. The summed E-state index contributed by atoms with van der Waals surface area (Å²) in [5.74, 6) is 1.27. The second-order valence-corrected chi connectivity index (χ2v) is 9.87. The highest BCUT2D eigenvalue weighted by atomic mass is 32.1. The minimum absolute atomic E-state index is 0.0178. The number of hydrogen-bond acceptors (Lipinski definition) is 7. The van der Waals surface area contributed by atoms with E-state index in [1.807, 2.05) is 57.6 Å². The molecule has 2 amide bonds. The number of amides is 2. The van der Waals surface area contributed by atoms with Crippen LogP contribution in [0.4, 0.5) is 0 Å². The summed E-state index contributed by atoms with van der Waals surface area (Å²) in [6, 6.07) is 13.5. The van der Waals surface area contributed by atoms with E-state index in [1.54, 1.807) is 0 Å². The van der Waals surface area contributed by atoms with Gasteiger partial charge in [-0.1, -0.05) is 41.6 Å². The molecule has 2 unspecified atom stereocenters. The van der Waals surface area contributed by atoms with Crippen molar-refractivity contribution >= 4 is 23.2 Å². The lowest BCUT2D eigenvalue weighted by Crippen LogP contribution is -2.53. The second kappa shape index (κ2) is 10.1. The van der Waals surface area contributed by atoms with Crippen molar-refractivity contribution in [1.29, 1.82) is 0 Å². The van der Waals surface area contributed by atoms with Gasteiger partial charge in [0.15, 0.2) is 0 Å². The van der Waals surface area contributed by atoms with Crippen LogP contribution in [-0.4, -0.2) is 75.9 Å². The van der Waals surface area contributed by atoms with E-state index in [4.69, 9.17) is 4.52 Å². The van der Waals surface area contributed by atoms with Gasteiger partial charge in [0.05, 0.1) is 16.8 Å². The monoisotopic (exact) mass is 479 g/mol. The molecule has 0 spiro atoms. The number of carbonyl (C=O) groups is 2. The topological polar surface area (TPSA) is 82.8 Å². The van der Waals surface area contributed by atoms with Gasteiger partial charge in [-0.05, 0) is 31.2 Å². The number of carbonyl (C=O) groups excluding carboxylic acids is 2. The molecule has 2 aliphatic rings. The third-order valence-corrected chi connectivity index (χ3v) is 7.65. The number of piperidine rings is 1. The molecule has 9 heteroatoms. The Morgan fingerprint density at radius 1 is 1.03 bits per heavy atom. The molecular weight excluding hydrogens is 450 g/mol. The van der Waals surface area contributed by atoms with Crippen LogP contribution in [0.5, 0.6) is 0 Å². The first-order valence-corrected chi connectivity index (χ1v) is 12.7. The molecular formula is C25H29N5O3S. The predicted octanol–water partition coefficient (Wildman–Crippen LogP) is 3.56. The molecule has 2 atom stereocenters. The van der Waals surface area contributed by atoms with Crippen molar-refractivity contribution in [3.63, 3.8) is 0 Å². The summed E-state index contributed by atoms with van der Waals surface area (Å²) in [6.07, 6.45) is 1.71. The molecule has 5 rings (SSSR count). The molecule has 2 aromatic heterocycles. The molecule has 34 heavy (non-hydrogen) atoms. The van der Waals surface area contributed by atoms with Crippen LogP contribution in [0.3, 0.4) is 0 Å². The van der Waals surface area contributed by atoms with Crippen LogP contribution < -0.4 is 0 Å². The Morgan fingerprint density at radius 3 is 2.56 bits per heavy atom. The van der Waals surface area contributed by atoms with Crippen molar-refractivity contribution in [2.45, 2.75) is 25.8 Å². The number of thiophene rings is 1. The first-order valence-electron chi connectivity index (χ1n) is 11.8. The van der Waals surface area contributed by atoms with Gasteiger partial charge in [-0.2, -0.15) is 4.98 Å². The molecule has 0 radical (unpaired) electrons. The summed E-state index contributed by atoms with van der Waals surface area (Å²) in [5, 5.41) is 6.05. The molecule has 0 bridgehead atoms. The van der Waals surface area contributed by atoms with E-state index in [-0.39, 0.29) is 23.8 Å². The van der Waals surface area contributed by atoms with Crippen LogP contribution in [0.15, 0.2) is 52.4 Å². The standard InChI is InChI=1S/C25H29N5O3S/c1-18(23-26-22(27-33-23)19-7-3-2-4-8-19)28-12-14-29(15-13-28)24(31)20-9-5-11-30(17-20)25(32)21-10-6-16-34-21/h2-4,6-8,10,16,18,20H,5,9,11-15,17H2,1H3. The van der Waals surface area contributed by atoms with Gasteiger partial charge in [0, 0.05) is 44.8 Å². The maximum Gasteiger partial charge on any atom is 0.263 e. The zero-order valence-corrected chi connectivity index (χ0v) is 20.1. The fraction of sp³-hybridized carbons (Fsp3) is 0.440. The largest absolute Gasteiger partial charge is 0.340 e. The fourth-order valence-electron chi connectivity index (χ4n) is 4.77. The molecule has 4 heterocycles. The Bertz CT molecular complexity index is 1110. The predicted molar refractivity (Wildman–Crippen MR) is 129 cm³/mol. The maximum absolute atomic E-state index is 13.2. The lowest BCUT2D eigenvalue weighted by Gasteiger charge is -2.40. The molecule has 0 aliphatic carbocycles. The molecule has 1 aromatic carbocycles. The van der Waals surface area contributed by atoms with Crippen LogP contribution in [0.1, 0.15) is 41.4 Å². The molecule has 0 saturated carbocycles. The van der Waals surface area contributed by atoms with Gasteiger partial charge in [-0.25, -0.2) is 0 Å². The minimum atomic E-state index is -0.119. The van der Waals surface area contributed by atoms with Gasteiger partial charge < -0.3 is 14.3 Å². The van der Waals surface area contributed by atoms with E-state index in [9.17, 15) is 9.59 Å². The molecule has 2 aliphatic heterocycles. The molecule has 2 saturated heterocycles. The number of rotatable bonds is 5. The normalized spacial score (nSPS) is 20.3. The Labute approximate surface area is 203 Å². The van der Waals surface area contributed by atoms with Crippen molar-refractivity contribution in [3.05, 3.63) is 58.6 Å². The average Bonchev–Trinajstić information content (AvgIpc) is 3.61. The van der Waals surface area contributed by atoms with Crippen molar-refractivity contribution in [2.24, 2.45) is 5.92 Å². The zero-order chi connectivity index (χ0) is 23.5. The Morgan fingerprint density at radius 2 is 1.82 bits per heavy atom. The molecule has 0 N–H and O–H groups in total. The summed E-state index contributed by atoms with van der Waals surface area (Å²) >= 11 is 1.45. The quantitative estimate of drug-likeness (QED) is 0.557.